The first-order valence-electron chi connectivity index (χ1n) is 14.5. The standard InChI is InChI=1S/C29H34FN7O5S2/c1-17-19(5-4-6-20(17)30)23-22(26(38)39)21(32-24(33-23)25-31-7-10-43-25)13-35-8-9-36-18(11-35)12-37(27(36)40)29-14-28(15-29,16-29)34(2)44(3,41)42/h4-7,10,18,23H,8-9,11-16H2,1-3H3,(H,32,33)(H,38,39)/t18-,23-,28?,29?/m0/s1. The number of sulfonamides is 1. The quantitative estimate of drug-likeness (QED) is 0.446. The summed E-state index contributed by atoms with van der Waals surface area (Å²) in [6.45, 7) is 4.05. The van der Waals surface area contributed by atoms with Crippen molar-refractivity contribution in [3.8, 4) is 0 Å². The number of urea groups is 1. The molecule has 2 atom stereocenters. The van der Waals surface area contributed by atoms with Crippen molar-refractivity contribution in [1.29, 1.82) is 0 Å². The largest absolute Gasteiger partial charge is 0.478 e. The average molecular weight is 644 g/mol. The number of amidine groups is 1. The molecule has 0 radical (unpaired) electrons. The third-order valence-electron chi connectivity index (χ3n) is 10.1. The van der Waals surface area contributed by atoms with E-state index < -0.39 is 27.9 Å². The van der Waals surface area contributed by atoms with E-state index in [1.165, 1.54) is 28.0 Å². The third-order valence-corrected chi connectivity index (χ3v) is 12.3. The van der Waals surface area contributed by atoms with Crippen LogP contribution in [0.1, 0.15) is 41.4 Å². The lowest BCUT2D eigenvalue weighted by atomic mass is 9.43. The zero-order valence-corrected chi connectivity index (χ0v) is 26.3. The summed E-state index contributed by atoms with van der Waals surface area (Å²) >= 11 is 1.37. The van der Waals surface area contributed by atoms with Crippen molar-refractivity contribution < 1.29 is 27.5 Å². The van der Waals surface area contributed by atoms with Crippen molar-refractivity contribution in [2.45, 2.75) is 49.3 Å². The summed E-state index contributed by atoms with van der Waals surface area (Å²) < 4.78 is 40.3. The number of aromatic nitrogens is 1. The molecule has 234 valence electrons. The molecule has 15 heteroatoms. The average Bonchev–Trinajstić information content (AvgIpc) is 3.56. The number of benzene rings is 1. The lowest BCUT2D eigenvalue weighted by Crippen LogP contribution is -2.83. The van der Waals surface area contributed by atoms with Gasteiger partial charge in [-0.15, -0.1) is 11.3 Å². The normalized spacial score (nSPS) is 30.1. The number of aliphatic imine (C=N–C) groups is 1. The molecule has 0 unspecified atom stereocenters. The molecule has 8 rings (SSSR count). The van der Waals surface area contributed by atoms with Gasteiger partial charge in [0, 0.05) is 62.6 Å². The monoisotopic (exact) mass is 643 g/mol. The summed E-state index contributed by atoms with van der Waals surface area (Å²) in [5, 5.41) is 16.1. The van der Waals surface area contributed by atoms with Crippen molar-refractivity contribution in [3.05, 3.63) is 63.0 Å². The number of carbonyl (C=O) groups excluding carboxylic acids is 1. The number of nitrogens with one attached hydrogen (secondary N) is 1. The zero-order valence-electron chi connectivity index (χ0n) is 24.7. The van der Waals surface area contributed by atoms with Gasteiger partial charge in [0.05, 0.1) is 23.4 Å². The minimum absolute atomic E-state index is 0.00831. The van der Waals surface area contributed by atoms with Gasteiger partial charge in [0.2, 0.25) is 10.0 Å². The first kappa shape index (κ1) is 29.3. The molecule has 12 nitrogen and oxygen atoms in total. The maximum Gasteiger partial charge on any atom is 0.335 e. The number of piperazine rings is 1. The Bertz CT molecular complexity index is 1710. The van der Waals surface area contributed by atoms with Gasteiger partial charge < -0.3 is 20.2 Å². The van der Waals surface area contributed by atoms with Gasteiger partial charge in [0.15, 0.2) is 10.8 Å². The fraction of sp³-hybridized carbons (Fsp3) is 0.517. The smallest absolute Gasteiger partial charge is 0.335 e. The van der Waals surface area contributed by atoms with Gasteiger partial charge in [0.1, 0.15) is 11.9 Å². The van der Waals surface area contributed by atoms with Crippen LogP contribution in [0.4, 0.5) is 9.18 Å². The fourth-order valence-corrected chi connectivity index (χ4v) is 9.24. The molecule has 3 aliphatic carbocycles. The molecule has 1 aromatic carbocycles. The van der Waals surface area contributed by atoms with Gasteiger partial charge in [-0.1, -0.05) is 12.1 Å². The first-order valence-corrected chi connectivity index (χ1v) is 17.3. The second-order valence-electron chi connectivity index (χ2n) is 12.7. The Labute approximate surface area is 258 Å². The highest BCUT2D eigenvalue weighted by molar-refractivity contribution is 7.88. The van der Waals surface area contributed by atoms with E-state index in [1.54, 1.807) is 32.3 Å². The Morgan fingerprint density at radius 1 is 1.25 bits per heavy atom. The van der Waals surface area contributed by atoms with Crippen LogP contribution in [0.3, 0.4) is 0 Å². The molecule has 2 aromatic rings. The number of fused-ring (bicyclic) bond motifs is 1. The summed E-state index contributed by atoms with van der Waals surface area (Å²) in [6, 6.07) is 3.61. The highest BCUT2D eigenvalue weighted by Gasteiger charge is 2.75. The lowest BCUT2D eigenvalue weighted by Gasteiger charge is -2.74. The number of rotatable bonds is 8. The van der Waals surface area contributed by atoms with Crippen LogP contribution in [0, 0.1) is 12.7 Å². The summed E-state index contributed by atoms with van der Waals surface area (Å²) in [6.07, 6.45) is 4.82. The van der Waals surface area contributed by atoms with Crippen LogP contribution in [0.25, 0.3) is 0 Å². The fourth-order valence-electron chi connectivity index (χ4n) is 7.76. The Balaban J connectivity index is 1.12. The second kappa shape index (κ2) is 10.1. The summed E-state index contributed by atoms with van der Waals surface area (Å²) in [5.41, 5.74) is 0.664. The molecule has 3 aliphatic heterocycles. The number of carboxylic acid groups (broad SMARTS) is 1. The summed E-state index contributed by atoms with van der Waals surface area (Å²) in [7, 11) is -1.69. The maximum atomic E-state index is 14.6. The molecule has 5 fully saturated rings. The number of carbonyl (C=O) groups is 2. The molecule has 2 amide bonds. The number of halogens is 1. The molecule has 44 heavy (non-hydrogen) atoms. The highest BCUT2D eigenvalue weighted by Crippen LogP contribution is 2.67. The van der Waals surface area contributed by atoms with E-state index in [0.29, 0.717) is 73.1 Å². The molecule has 4 heterocycles. The van der Waals surface area contributed by atoms with Crippen molar-refractivity contribution >= 4 is 39.2 Å². The van der Waals surface area contributed by atoms with E-state index in [0.717, 1.165) is 0 Å². The molecule has 3 saturated carbocycles. The van der Waals surface area contributed by atoms with E-state index in [4.69, 9.17) is 4.99 Å². The molecule has 1 aromatic heterocycles. The van der Waals surface area contributed by atoms with E-state index in [1.807, 2.05) is 15.2 Å². The second-order valence-corrected chi connectivity index (χ2v) is 15.6. The predicted molar refractivity (Wildman–Crippen MR) is 161 cm³/mol. The number of carboxylic acids is 1. The van der Waals surface area contributed by atoms with Crippen LogP contribution in [0.2, 0.25) is 0 Å². The van der Waals surface area contributed by atoms with E-state index in [2.05, 4.69) is 15.2 Å². The number of nitrogens with zero attached hydrogens (tertiary/aromatic N) is 6. The van der Waals surface area contributed by atoms with Crippen LogP contribution < -0.4 is 5.32 Å². The molecule has 2 saturated heterocycles. The van der Waals surface area contributed by atoms with E-state index in [9.17, 15) is 27.5 Å². The van der Waals surface area contributed by atoms with Gasteiger partial charge in [-0.2, -0.15) is 4.31 Å². The first-order chi connectivity index (χ1) is 20.8. The Morgan fingerprint density at radius 2 is 2.00 bits per heavy atom. The molecular formula is C29H34FN7O5S2. The predicted octanol–water partition coefficient (Wildman–Crippen LogP) is 2.01. The van der Waals surface area contributed by atoms with Crippen molar-refractivity contribution in [2.75, 3.05) is 46.0 Å². The van der Waals surface area contributed by atoms with Gasteiger partial charge in [-0.3, -0.25) is 9.89 Å². The highest BCUT2D eigenvalue weighted by atomic mass is 32.2. The van der Waals surface area contributed by atoms with E-state index >= 15 is 0 Å². The van der Waals surface area contributed by atoms with Crippen LogP contribution in [-0.4, -0.2) is 118 Å². The summed E-state index contributed by atoms with van der Waals surface area (Å²) in [4.78, 5) is 41.3. The number of hydrogen-bond donors (Lipinski definition) is 2. The van der Waals surface area contributed by atoms with Gasteiger partial charge >= 0.3 is 12.0 Å². The minimum Gasteiger partial charge on any atom is -0.478 e. The Kier molecular flexibility index (Phi) is 6.70. The van der Waals surface area contributed by atoms with Gasteiger partial charge in [0.25, 0.3) is 0 Å². The van der Waals surface area contributed by atoms with Crippen LogP contribution >= 0.6 is 11.3 Å². The number of hydrogen-bond acceptors (Lipinski definition) is 9. The summed E-state index contributed by atoms with van der Waals surface area (Å²) in [5.74, 6) is -1.13. The minimum atomic E-state index is -3.31. The maximum absolute atomic E-state index is 14.6. The van der Waals surface area contributed by atoms with Crippen molar-refractivity contribution in [1.82, 2.24) is 29.3 Å². The van der Waals surface area contributed by atoms with Crippen LogP contribution in [-0.2, 0) is 14.8 Å². The lowest BCUT2D eigenvalue weighted by molar-refractivity contribution is -0.185. The van der Waals surface area contributed by atoms with E-state index in [-0.39, 0.29) is 35.3 Å². The topological polar surface area (TPSA) is 139 Å². The van der Waals surface area contributed by atoms with Crippen molar-refractivity contribution in [3.63, 3.8) is 0 Å². The van der Waals surface area contributed by atoms with Gasteiger partial charge in [-0.25, -0.2) is 27.4 Å². The molecule has 0 spiro atoms. The number of thiazole rings is 1. The SMILES string of the molecule is Cc1c(F)cccc1[C@@H]1N=C(c2nccs2)NC(CN2CCN3C(=O)N(C45CC(N(C)S(C)(=O)=O)(C4)C5)C[C@@H]3C2)=C1C(=O)O. The van der Waals surface area contributed by atoms with Crippen LogP contribution in [0.5, 0.6) is 0 Å². The molecular weight excluding hydrogens is 609 g/mol. The van der Waals surface area contributed by atoms with Crippen LogP contribution in [0.15, 0.2) is 46.0 Å². The number of amides is 2. The molecule has 2 N–H and O–H groups in total. The van der Waals surface area contributed by atoms with Crippen molar-refractivity contribution in [2.24, 2.45) is 4.99 Å². The Hall–Kier alpha value is -3.40. The third kappa shape index (κ3) is 4.46. The number of aliphatic carboxylic acids is 1. The van der Waals surface area contributed by atoms with Gasteiger partial charge in [-0.05, 0) is 43.4 Å². The Morgan fingerprint density at radius 3 is 2.66 bits per heavy atom. The molecule has 6 aliphatic rings. The molecule has 2 bridgehead atoms. The zero-order chi connectivity index (χ0) is 31.2.